The van der Waals surface area contributed by atoms with Gasteiger partial charge in [-0.25, -0.2) is 8.78 Å². The molecule has 0 aliphatic heterocycles. The number of Topliss-reactive ketones (excluding diaryl/α,β-unsaturated/α-hetero) is 1. The molecule has 0 aliphatic carbocycles. The lowest BCUT2D eigenvalue weighted by Gasteiger charge is -2.13. The summed E-state index contributed by atoms with van der Waals surface area (Å²) >= 11 is 0. The Kier molecular flexibility index (Phi) is 5.84. The van der Waals surface area contributed by atoms with Crippen LogP contribution in [0, 0.1) is 11.6 Å². The number of carbonyl (C=O) groups excluding carboxylic acids is 1. The van der Waals surface area contributed by atoms with Crippen LogP contribution in [0.2, 0.25) is 0 Å². The highest BCUT2D eigenvalue weighted by Crippen LogP contribution is 2.28. The van der Waals surface area contributed by atoms with E-state index in [-0.39, 0.29) is 24.4 Å². The van der Waals surface area contributed by atoms with Gasteiger partial charge in [-0.3, -0.25) is 14.5 Å². The van der Waals surface area contributed by atoms with Gasteiger partial charge >= 0.3 is 0 Å². The van der Waals surface area contributed by atoms with Crippen molar-refractivity contribution >= 4 is 5.78 Å². The molecule has 0 fully saturated rings. The first kappa shape index (κ1) is 20.4. The molecule has 0 amide bonds. The maximum Gasteiger partial charge on any atom is 0.171 e. The Morgan fingerprint density at radius 2 is 1.94 bits per heavy atom. The van der Waals surface area contributed by atoms with Crippen LogP contribution in [0.3, 0.4) is 0 Å². The molecule has 2 aromatic heterocycles. The summed E-state index contributed by atoms with van der Waals surface area (Å²) in [5.41, 5.74) is 3.00. The zero-order chi connectivity index (χ0) is 21.8. The lowest BCUT2D eigenvalue weighted by atomic mass is 9.99. The Labute approximate surface area is 177 Å². The molecule has 2 heterocycles. The minimum absolute atomic E-state index is 0.133. The topological polar surface area (TPSA) is 57.0 Å². The molecule has 0 bridgehead atoms. The third-order valence-electron chi connectivity index (χ3n) is 4.80. The second kappa shape index (κ2) is 8.87. The van der Waals surface area contributed by atoms with E-state index in [0.717, 1.165) is 22.8 Å². The van der Waals surface area contributed by atoms with Crippen molar-refractivity contribution in [1.82, 2.24) is 14.8 Å². The minimum atomic E-state index is -0.699. The SMILES string of the molecule is Cn1cc(-c2ccc(OCc3ccc(F)cc3F)c(C(=O)Cc3cccnc3)c2)cn1. The van der Waals surface area contributed by atoms with E-state index in [1.807, 2.05) is 25.4 Å². The molecular weight excluding hydrogens is 400 g/mol. The fourth-order valence-corrected chi connectivity index (χ4v) is 3.20. The molecule has 0 spiro atoms. The van der Waals surface area contributed by atoms with E-state index >= 15 is 0 Å². The van der Waals surface area contributed by atoms with Gasteiger partial charge in [0.25, 0.3) is 0 Å². The lowest BCUT2D eigenvalue weighted by molar-refractivity contribution is 0.0988. The van der Waals surface area contributed by atoms with Crippen molar-refractivity contribution in [3.05, 3.63) is 102 Å². The number of benzene rings is 2. The molecule has 5 nitrogen and oxygen atoms in total. The number of carbonyl (C=O) groups is 1. The number of aromatic nitrogens is 3. The molecule has 0 saturated heterocycles. The van der Waals surface area contributed by atoms with Crippen LogP contribution in [0.15, 0.2) is 73.3 Å². The van der Waals surface area contributed by atoms with Gasteiger partial charge in [0.2, 0.25) is 0 Å². The molecule has 4 aromatic rings. The maximum atomic E-state index is 14.0. The van der Waals surface area contributed by atoms with Crippen molar-refractivity contribution in [3.8, 4) is 16.9 Å². The van der Waals surface area contributed by atoms with Gasteiger partial charge in [0.05, 0.1) is 11.8 Å². The Morgan fingerprint density at radius 1 is 1.06 bits per heavy atom. The fourth-order valence-electron chi connectivity index (χ4n) is 3.20. The molecule has 0 atom stereocenters. The number of ketones is 1. The number of hydrogen-bond donors (Lipinski definition) is 0. The number of halogens is 2. The van der Waals surface area contributed by atoms with E-state index in [9.17, 15) is 13.6 Å². The number of ether oxygens (including phenoxy) is 1. The molecule has 2 aromatic carbocycles. The van der Waals surface area contributed by atoms with E-state index in [1.165, 1.54) is 12.1 Å². The summed E-state index contributed by atoms with van der Waals surface area (Å²) in [5.74, 6) is -1.19. The summed E-state index contributed by atoms with van der Waals surface area (Å²) in [6.45, 7) is -0.133. The van der Waals surface area contributed by atoms with Crippen molar-refractivity contribution < 1.29 is 18.3 Å². The molecule has 7 heteroatoms. The first-order valence-electron chi connectivity index (χ1n) is 9.61. The van der Waals surface area contributed by atoms with Gasteiger partial charge in [-0.1, -0.05) is 12.1 Å². The van der Waals surface area contributed by atoms with Crippen LogP contribution in [0.5, 0.6) is 5.75 Å². The molecule has 156 valence electrons. The van der Waals surface area contributed by atoms with Crippen molar-refractivity contribution in [1.29, 1.82) is 0 Å². The second-order valence-corrected chi connectivity index (χ2v) is 7.10. The highest BCUT2D eigenvalue weighted by atomic mass is 19.1. The quantitative estimate of drug-likeness (QED) is 0.405. The molecule has 0 saturated carbocycles. The van der Waals surface area contributed by atoms with E-state index in [4.69, 9.17) is 4.74 Å². The molecular formula is C24H19F2N3O2. The third-order valence-corrected chi connectivity index (χ3v) is 4.80. The van der Waals surface area contributed by atoms with Crippen LogP contribution < -0.4 is 4.74 Å². The molecule has 0 unspecified atom stereocenters. The predicted molar refractivity (Wildman–Crippen MR) is 112 cm³/mol. The summed E-state index contributed by atoms with van der Waals surface area (Å²) in [5, 5.41) is 4.17. The van der Waals surface area contributed by atoms with Gasteiger partial charge in [-0.05, 0) is 41.5 Å². The summed E-state index contributed by atoms with van der Waals surface area (Å²) in [6, 6.07) is 12.1. The van der Waals surface area contributed by atoms with E-state index in [2.05, 4.69) is 10.1 Å². The lowest BCUT2D eigenvalue weighted by Crippen LogP contribution is -2.08. The normalized spacial score (nSPS) is 10.8. The van der Waals surface area contributed by atoms with Crippen molar-refractivity contribution in [3.63, 3.8) is 0 Å². The van der Waals surface area contributed by atoms with Crippen LogP contribution in [-0.4, -0.2) is 20.5 Å². The Morgan fingerprint density at radius 3 is 2.65 bits per heavy atom. The first-order valence-corrected chi connectivity index (χ1v) is 9.61. The van der Waals surface area contributed by atoms with Gasteiger partial charge in [0.1, 0.15) is 24.0 Å². The summed E-state index contributed by atoms with van der Waals surface area (Å²) < 4.78 is 34.6. The minimum Gasteiger partial charge on any atom is -0.488 e. The van der Waals surface area contributed by atoms with E-state index < -0.39 is 11.6 Å². The molecule has 31 heavy (non-hydrogen) atoms. The number of rotatable bonds is 7. The molecule has 0 N–H and O–H groups in total. The van der Waals surface area contributed by atoms with E-state index in [0.29, 0.717) is 11.3 Å². The van der Waals surface area contributed by atoms with Crippen molar-refractivity contribution in [2.75, 3.05) is 0 Å². The highest BCUT2D eigenvalue weighted by molar-refractivity contribution is 6.01. The van der Waals surface area contributed by atoms with Crippen LogP contribution in [0.4, 0.5) is 8.78 Å². The molecule has 0 aliphatic rings. The number of pyridine rings is 1. The zero-order valence-corrected chi connectivity index (χ0v) is 16.8. The summed E-state index contributed by atoms with van der Waals surface area (Å²) in [6.07, 6.45) is 6.98. The number of nitrogens with zero attached hydrogens (tertiary/aromatic N) is 3. The standard InChI is InChI=1S/C24H19F2N3O2/c1-29-14-19(13-28-29)17-5-7-24(31-15-18-4-6-20(25)11-22(18)26)21(10-17)23(30)9-16-3-2-8-27-12-16/h2-8,10-14H,9,15H2,1H3. The molecule has 0 radical (unpaired) electrons. The smallest absolute Gasteiger partial charge is 0.171 e. The number of aryl methyl sites for hydroxylation is 1. The van der Waals surface area contributed by atoms with Gasteiger partial charge in [0.15, 0.2) is 5.78 Å². The predicted octanol–water partition coefficient (Wildman–Crippen LogP) is 4.76. The number of hydrogen-bond acceptors (Lipinski definition) is 4. The summed E-state index contributed by atoms with van der Waals surface area (Å²) in [7, 11) is 1.81. The monoisotopic (exact) mass is 419 g/mol. The van der Waals surface area contributed by atoms with Crippen LogP contribution >= 0.6 is 0 Å². The third kappa shape index (κ3) is 4.83. The van der Waals surface area contributed by atoms with Crippen molar-refractivity contribution in [2.45, 2.75) is 13.0 Å². The Bertz CT molecular complexity index is 1220. The van der Waals surface area contributed by atoms with Crippen molar-refractivity contribution in [2.24, 2.45) is 7.05 Å². The average molecular weight is 419 g/mol. The van der Waals surface area contributed by atoms with Crippen LogP contribution in [0.25, 0.3) is 11.1 Å². The van der Waals surface area contributed by atoms with Gasteiger partial charge in [-0.15, -0.1) is 0 Å². The fraction of sp³-hybridized carbons (Fsp3) is 0.125. The zero-order valence-electron chi connectivity index (χ0n) is 16.8. The van der Waals surface area contributed by atoms with Gasteiger partial charge < -0.3 is 4.74 Å². The van der Waals surface area contributed by atoms with Crippen LogP contribution in [0.1, 0.15) is 21.5 Å². The highest BCUT2D eigenvalue weighted by Gasteiger charge is 2.17. The average Bonchev–Trinajstić information content (AvgIpc) is 3.20. The Hall–Kier alpha value is -3.87. The maximum absolute atomic E-state index is 14.0. The summed E-state index contributed by atoms with van der Waals surface area (Å²) in [4.78, 5) is 17.1. The Balaban J connectivity index is 1.65. The first-order chi connectivity index (χ1) is 15.0. The largest absolute Gasteiger partial charge is 0.488 e. The van der Waals surface area contributed by atoms with Gasteiger partial charge in [-0.2, -0.15) is 5.10 Å². The van der Waals surface area contributed by atoms with Crippen LogP contribution in [-0.2, 0) is 20.1 Å². The van der Waals surface area contributed by atoms with E-state index in [1.54, 1.807) is 41.5 Å². The second-order valence-electron chi connectivity index (χ2n) is 7.10. The molecule has 4 rings (SSSR count). The van der Waals surface area contributed by atoms with Gasteiger partial charge in [0, 0.05) is 49.3 Å².